The molecule has 24 heavy (non-hydrogen) atoms. The van der Waals surface area contributed by atoms with E-state index >= 15 is 0 Å². The van der Waals surface area contributed by atoms with Crippen LogP contribution >= 0.6 is 11.6 Å². The summed E-state index contributed by atoms with van der Waals surface area (Å²) in [5, 5.41) is 2.52. The first-order valence-electron chi connectivity index (χ1n) is 7.91. The number of hydrogen-bond donors (Lipinski definition) is 2. The van der Waals surface area contributed by atoms with Crippen molar-refractivity contribution in [3.05, 3.63) is 28.5 Å². The van der Waals surface area contributed by atoms with E-state index in [1.165, 1.54) is 13.0 Å². The SMILES string of the molecule is CNC(=O)C1CCC(CNS(=O)(=O)c2cc(C)c(F)cc2Cl)CC1. The summed E-state index contributed by atoms with van der Waals surface area (Å²) in [6.07, 6.45) is 3.08. The predicted molar refractivity (Wildman–Crippen MR) is 90.9 cm³/mol. The molecule has 2 N–H and O–H groups in total. The highest BCUT2D eigenvalue weighted by Gasteiger charge is 2.27. The van der Waals surface area contributed by atoms with E-state index in [1.54, 1.807) is 7.05 Å². The first-order valence-corrected chi connectivity index (χ1v) is 9.77. The lowest BCUT2D eigenvalue weighted by atomic mass is 9.82. The van der Waals surface area contributed by atoms with Crippen LogP contribution in [0.15, 0.2) is 17.0 Å². The van der Waals surface area contributed by atoms with Crippen molar-refractivity contribution in [2.45, 2.75) is 37.5 Å². The average molecular weight is 377 g/mol. The standard InChI is InChI=1S/C16H22ClFN2O3S/c1-10-7-15(13(17)8-14(10)18)24(22,23)20-9-11-3-5-12(6-4-11)16(21)19-2/h7-8,11-12,20H,3-6,9H2,1-2H3,(H,19,21). The molecule has 1 aromatic rings. The number of aryl methyl sites for hydroxylation is 1. The van der Waals surface area contributed by atoms with E-state index in [0.717, 1.165) is 31.7 Å². The molecular formula is C16H22ClFN2O3S. The first-order chi connectivity index (χ1) is 11.2. The summed E-state index contributed by atoms with van der Waals surface area (Å²) >= 11 is 5.87. The monoisotopic (exact) mass is 376 g/mol. The van der Waals surface area contributed by atoms with Crippen LogP contribution in [0.25, 0.3) is 0 Å². The zero-order chi connectivity index (χ0) is 17.9. The Hall–Kier alpha value is -1.18. The summed E-state index contributed by atoms with van der Waals surface area (Å²) in [4.78, 5) is 11.5. The summed E-state index contributed by atoms with van der Waals surface area (Å²) in [6.45, 7) is 1.78. The maximum absolute atomic E-state index is 13.4. The number of hydrogen-bond acceptors (Lipinski definition) is 3. The Balaban J connectivity index is 1.97. The molecule has 0 radical (unpaired) electrons. The molecule has 0 bridgehead atoms. The number of halogens is 2. The molecule has 2 rings (SSSR count). The maximum Gasteiger partial charge on any atom is 0.242 e. The van der Waals surface area contributed by atoms with Gasteiger partial charge in [-0.05, 0) is 56.2 Å². The topological polar surface area (TPSA) is 75.3 Å². The van der Waals surface area contributed by atoms with Crippen LogP contribution < -0.4 is 10.0 Å². The van der Waals surface area contributed by atoms with E-state index in [4.69, 9.17) is 11.6 Å². The van der Waals surface area contributed by atoms with Gasteiger partial charge in [0.1, 0.15) is 10.7 Å². The number of amides is 1. The van der Waals surface area contributed by atoms with E-state index in [2.05, 4.69) is 10.0 Å². The minimum absolute atomic E-state index is 0.0112. The number of rotatable bonds is 5. The summed E-state index contributed by atoms with van der Waals surface area (Å²) in [6, 6.07) is 2.25. The second-order valence-corrected chi connectivity index (χ2v) is 8.36. The lowest BCUT2D eigenvalue weighted by molar-refractivity contribution is -0.125. The summed E-state index contributed by atoms with van der Waals surface area (Å²) < 4.78 is 40.8. The summed E-state index contributed by atoms with van der Waals surface area (Å²) in [7, 11) is -2.17. The minimum atomic E-state index is -3.79. The zero-order valence-corrected chi connectivity index (χ0v) is 15.3. The van der Waals surface area contributed by atoms with E-state index in [0.29, 0.717) is 0 Å². The lowest BCUT2D eigenvalue weighted by Crippen LogP contribution is -2.35. The summed E-state index contributed by atoms with van der Waals surface area (Å²) in [5.74, 6) is -0.299. The third-order valence-corrected chi connectivity index (χ3v) is 6.42. The van der Waals surface area contributed by atoms with Gasteiger partial charge in [-0.2, -0.15) is 0 Å². The molecular weight excluding hydrogens is 355 g/mol. The van der Waals surface area contributed by atoms with Crippen LogP contribution in [0.2, 0.25) is 5.02 Å². The average Bonchev–Trinajstić information content (AvgIpc) is 2.56. The lowest BCUT2D eigenvalue weighted by Gasteiger charge is -2.27. The van der Waals surface area contributed by atoms with Crippen LogP contribution in [-0.4, -0.2) is 27.9 Å². The smallest absolute Gasteiger partial charge is 0.242 e. The van der Waals surface area contributed by atoms with Crippen LogP contribution in [0, 0.1) is 24.6 Å². The number of sulfonamides is 1. The van der Waals surface area contributed by atoms with Crippen molar-refractivity contribution < 1.29 is 17.6 Å². The highest BCUT2D eigenvalue weighted by atomic mass is 35.5. The van der Waals surface area contributed by atoms with E-state index < -0.39 is 15.8 Å². The molecule has 0 spiro atoms. The fourth-order valence-corrected chi connectivity index (χ4v) is 4.69. The van der Waals surface area contributed by atoms with Gasteiger partial charge < -0.3 is 5.32 Å². The number of carbonyl (C=O) groups excluding carboxylic acids is 1. The Kier molecular flexibility index (Phi) is 6.22. The van der Waals surface area contributed by atoms with Gasteiger partial charge >= 0.3 is 0 Å². The Bertz CT molecular complexity index is 716. The molecule has 1 aliphatic rings. The second-order valence-electron chi connectivity index (χ2n) is 6.22. The molecule has 0 aliphatic heterocycles. The fraction of sp³-hybridized carbons (Fsp3) is 0.562. The molecule has 0 unspecified atom stereocenters. The Morgan fingerprint density at radius 1 is 1.29 bits per heavy atom. The molecule has 1 fully saturated rings. The van der Waals surface area contributed by atoms with Crippen molar-refractivity contribution in [2.75, 3.05) is 13.6 Å². The number of nitrogens with one attached hydrogen (secondary N) is 2. The molecule has 134 valence electrons. The normalized spacial score (nSPS) is 21.5. The highest BCUT2D eigenvalue weighted by Crippen LogP contribution is 2.29. The molecule has 0 saturated heterocycles. The van der Waals surface area contributed by atoms with E-state index in [-0.39, 0.29) is 39.8 Å². The fourth-order valence-electron chi connectivity index (χ4n) is 2.97. The number of benzene rings is 1. The molecule has 0 heterocycles. The molecule has 1 aromatic carbocycles. The first kappa shape index (κ1) is 19.1. The third kappa shape index (κ3) is 4.46. The summed E-state index contributed by atoms with van der Waals surface area (Å²) in [5.41, 5.74) is 0.228. The van der Waals surface area contributed by atoms with Crippen molar-refractivity contribution in [3.63, 3.8) is 0 Å². The number of carbonyl (C=O) groups is 1. The van der Waals surface area contributed by atoms with Gasteiger partial charge in [-0.3, -0.25) is 4.79 Å². The molecule has 5 nitrogen and oxygen atoms in total. The molecule has 1 saturated carbocycles. The van der Waals surface area contributed by atoms with Gasteiger partial charge in [-0.1, -0.05) is 11.6 Å². The minimum Gasteiger partial charge on any atom is -0.359 e. The quantitative estimate of drug-likeness (QED) is 0.829. The van der Waals surface area contributed by atoms with Crippen molar-refractivity contribution in [1.29, 1.82) is 0 Å². The van der Waals surface area contributed by atoms with Gasteiger partial charge in [-0.25, -0.2) is 17.5 Å². The molecule has 8 heteroatoms. The van der Waals surface area contributed by atoms with Gasteiger partial charge in [0.05, 0.1) is 5.02 Å². The van der Waals surface area contributed by atoms with Crippen LogP contribution in [0.3, 0.4) is 0 Å². The zero-order valence-electron chi connectivity index (χ0n) is 13.7. The van der Waals surface area contributed by atoms with Gasteiger partial charge in [0.25, 0.3) is 0 Å². The van der Waals surface area contributed by atoms with E-state index in [1.807, 2.05) is 0 Å². The molecule has 0 aromatic heterocycles. The molecule has 1 aliphatic carbocycles. The molecule has 0 atom stereocenters. The van der Waals surface area contributed by atoms with E-state index in [9.17, 15) is 17.6 Å². The predicted octanol–water partition coefficient (Wildman–Crippen LogP) is 2.62. The Morgan fingerprint density at radius 2 is 1.92 bits per heavy atom. The van der Waals surface area contributed by atoms with Crippen LogP contribution in [0.1, 0.15) is 31.2 Å². The third-order valence-electron chi connectivity index (χ3n) is 4.53. The molecule has 1 amide bonds. The highest BCUT2D eigenvalue weighted by molar-refractivity contribution is 7.89. The van der Waals surface area contributed by atoms with Gasteiger partial charge in [0.15, 0.2) is 0 Å². The van der Waals surface area contributed by atoms with Gasteiger partial charge in [-0.15, -0.1) is 0 Å². The van der Waals surface area contributed by atoms with Crippen molar-refractivity contribution in [3.8, 4) is 0 Å². The Labute approximate surface area is 147 Å². The van der Waals surface area contributed by atoms with Gasteiger partial charge in [0, 0.05) is 19.5 Å². The van der Waals surface area contributed by atoms with Crippen molar-refractivity contribution in [2.24, 2.45) is 11.8 Å². The van der Waals surface area contributed by atoms with Crippen LogP contribution in [0.5, 0.6) is 0 Å². The Morgan fingerprint density at radius 3 is 2.50 bits per heavy atom. The van der Waals surface area contributed by atoms with Crippen molar-refractivity contribution >= 4 is 27.5 Å². The second kappa shape index (κ2) is 7.80. The van der Waals surface area contributed by atoms with Gasteiger partial charge in [0.2, 0.25) is 15.9 Å². The largest absolute Gasteiger partial charge is 0.359 e. The van der Waals surface area contributed by atoms with Crippen LogP contribution in [0.4, 0.5) is 4.39 Å². The van der Waals surface area contributed by atoms with Crippen molar-refractivity contribution in [1.82, 2.24) is 10.0 Å². The van der Waals surface area contributed by atoms with Crippen LogP contribution in [-0.2, 0) is 14.8 Å². The maximum atomic E-state index is 13.4.